The number of halogens is 1. The standard InChI is InChI=1S/C14H15ClN4O/c1-10-17-6-5-13(18-10)8-16-9-14(20)19-12-4-2-3-11(15)7-12/h2-7,16H,8-9H2,1H3,(H,19,20). The van der Waals surface area contributed by atoms with E-state index in [-0.39, 0.29) is 12.5 Å². The number of aryl methyl sites for hydroxylation is 1. The highest BCUT2D eigenvalue weighted by Gasteiger charge is 2.03. The van der Waals surface area contributed by atoms with Crippen LogP contribution >= 0.6 is 11.6 Å². The third-order valence-electron chi connectivity index (χ3n) is 2.53. The first-order valence-electron chi connectivity index (χ1n) is 6.18. The van der Waals surface area contributed by atoms with Crippen LogP contribution in [-0.2, 0) is 11.3 Å². The minimum absolute atomic E-state index is 0.127. The molecular formula is C14H15ClN4O. The van der Waals surface area contributed by atoms with Gasteiger partial charge in [-0.1, -0.05) is 17.7 Å². The van der Waals surface area contributed by atoms with Gasteiger partial charge < -0.3 is 10.6 Å². The van der Waals surface area contributed by atoms with E-state index in [4.69, 9.17) is 11.6 Å². The maximum absolute atomic E-state index is 11.7. The predicted molar refractivity (Wildman–Crippen MR) is 78.6 cm³/mol. The first-order valence-corrected chi connectivity index (χ1v) is 6.56. The maximum Gasteiger partial charge on any atom is 0.238 e. The number of amides is 1. The molecule has 1 aromatic heterocycles. The molecule has 2 N–H and O–H groups in total. The average Bonchev–Trinajstić information content (AvgIpc) is 2.38. The normalized spacial score (nSPS) is 10.3. The number of rotatable bonds is 5. The molecule has 1 amide bonds. The summed E-state index contributed by atoms with van der Waals surface area (Å²) >= 11 is 5.85. The van der Waals surface area contributed by atoms with Gasteiger partial charge in [0, 0.05) is 23.5 Å². The smallest absolute Gasteiger partial charge is 0.238 e. The molecule has 2 aromatic rings. The average molecular weight is 291 g/mol. The van der Waals surface area contributed by atoms with Crippen molar-refractivity contribution in [2.45, 2.75) is 13.5 Å². The Bertz CT molecular complexity index is 603. The minimum atomic E-state index is -0.127. The van der Waals surface area contributed by atoms with Crippen molar-refractivity contribution in [1.82, 2.24) is 15.3 Å². The fourth-order valence-electron chi connectivity index (χ4n) is 1.68. The minimum Gasteiger partial charge on any atom is -0.325 e. The predicted octanol–water partition coefficient (Wildman–Crippen LogP) is 2.17. The summed E-state index contributed by atoms with van der Waals surface area (Å²) in [5, 5.41) is 6.38. The number of hydrogen-bond donors (Lipinski definition) is 2. The van der Waals surface area contributed by atoms with Crippen LogP contribution in [0.5, 0.6) is 0 Å². The molecule has 0 fully saturated rings. The second kappa shape index (κ2) is 6.98. The van der Waals surface area contributed by atoms with E-state index >= 15 is 0 Å². The highest BCUT2D eigenvalue weighted by atomic mass is 35.5. The summed E-state index contributed by atoms with van der Waals surface area (Å²) in [6.07, 6.45) is 1.70. The Balaban J connectivity index is 1.78. The van der Waals surface area contributed by atoms with Crippen molar-refractivity contribution in [3.63, 3.8) is 0 Å². The van der Waals surface area contributed by atoms with Gasteiger partial charge in [-0.15, -0.1) is 0 Å². The quantitative estimate of drug-likeness (QED) is 0.885. The van der Waals surface area contributed by atoms with Gasteiger partial charge in [0.1, 0.15) is 5.82 Å². The van der Waals surface area contributed by atoms with Crippen molar-refractivity contribution in [3.8, 4) is 0 Å². The van der Waals surface area contributed by atoms with Crippen LogP contribution in [0.25, 0.3) is 0 Å². The Hall–Kier alpha value is -1.98. The Kier molecular flexibility index (Phi) is 5.03. The second-order valence-electron chi connectivity index (χ2n) is 4.26. The van der Waals surface area contributed by atoms with Gasteiger partial charge in [-0.3, -0.25) is 4.79 Å². The summed E-state index contributed by atoms with van der Waals surface area (Å²) in [6, 6.07) is 8.85. The number of anilines is 1. The van der Waals surface area contributed by atoms with Gasteiger partial charge in [0.2, 0.25) is 5.91 Å². The molecule has 0 aliphatic carbocycles. The van der Waals surface area contributed by atoms with E-state index in [0.717, 1.165) is 5.69 Å². The van der Waals surface area contributed by atoms with Gasteiger partial charge in [-0.05, 0) is 31.2 Å². The van der Waals surface area contributed by atoms with Gasteiger partial charge in [-0.25, -0.2) is 9.97 Å². The Morgan fingerprint density at radius 2 is 2.20 bits per heavy atom. The summed E-state index contributed by atoms with van der Waals surface area (Å²) in [5.41, 5.74) is 1.54. The van der Waals surface area contributed by atoms with Crippen LogP contribution in [0.15, 0.2) is 36.5 Å². The molecular weight excluding hydrogens is 276 g/mol. The zero-order valence-corrected chi connectivity index (χ0v) is 11.8. The van der Waals surface area contributed by atoms with Crippen LogP contribution in [0.4, 0.5) is 5.69 Å². The van der Waals surface area contributed by atoms with Gasteiger partial charge in [0.15, 0.2) is 0 Å². The van der Waals surface area contributed by atoms with E-state index in [1.54, 1.807) is 30.5 Å². The van der Waals surface area contributed by atoms with E-state index in [9.17, 15) is 4.79 Å². The van der Waals surface area contributed by atoms with Crippen LogP contribution in [-0.4, -0.2) is 22.4 Å². The fraction of sp³-hybridized carbons (Fsp3) is 0.214. The lowest BCUT2D eigenvalue weighted by Crippen LogP contribution is -2.28. The number of carbonyl (C=O) groups is 1. The summed E-state index contributed by atoms with van der Waals surface area (Å²) < 4.78 is 0. The molecule has 0 spiro atoms. The van der Waals surface area contributed by atoms with Gasteiger partial charge in [0.25, 0.3) is 0 Å². The maximum atomic E-state index is 11.7. The molecule has 0 aliphatic rings. The molecule has 0 saturated carbocycles. The molecule has 5 nitrogen and oxygen atoms in total. The Labute approximate surface area is 122 Å². The molecule has 1 aromatic carbocycles. The monoisotopic (exact) mass is 290 g/mol. The molecule has 0 aliphatic heterocycles. The van der Waals surface area contributed by atoms with Crippen LogP contribution in [0.1, 0.15) is 11.5 Å². The van der Waals surface area contributed by atoms with Crippen LogP contribution in [0, 0.1) is 6.92 Å². The SMILES string of the molecule is Cc1nccc(CNCC(=O)Nc2cccc(Cl)c2)n1. The van der Waals surface area contributed by atoms with Crippen molar-refractivity contribution < 1.29 is 4.79 Å². The number of aromatic nitrogens is 2. The van der Waals surface area contributed by atoms with E-state index in [1.807, 2.05) is 13.0 Å². The van der Waals surface area contributed by atoms with Crippen molar-refractivity contribution >= 4 is 23.2 Å². The third-order valence-corrected chi connectivity index (χ3v) is 2.77. The zero-order chi connectivity index (χ0) is 14.4. The second-order valence-corrected chi connectivity index (χ2v) is 4.69. The highest BCUT2D eigenvalue weighted by molar-refractivity contribution is 6.30. The molecule has 2 rings (SSSR count). The number of nitrogens with one attached hydrogen (secondary N) is 2. The molecule has 0 bridgehead atoms. The first kappa shape index (κ1) is 14.4. The molecule has 1 heterocycles. The Morgan fingerprint density at radius 3 is 2.95 bits per heavy atom. The summed E-state index contributed by atoms with van der Waals surface area (Å²) in [6.45, 7) is 2.55. The summed E-state index contributed by atoms with van der Waals surface area (Å²) in [7, 11) is 0. The topological polar surface area (TPSA) is 66.9 Å². The molecule has 0 radical (unpaired) electrons. The van der Waals surface area contributed by atoms with Crippen molar-refractivity contribution in [2.24, 2.45) is 0 Å². The third kappa shape index (κ3) is 4.60. The van der Waals surface area contributed by atoms with Crippen molar-refractivity contribution in [3.05, 3.63) is 53.1 Å². The van der Waals surface area contributed by atoms with E-state index in [0.29, 0.717) is 23.1 Å². The lowest BCUT2D eigenvalue weighted by Gasteiger charge is -2.07. The summed E-state index contributed by atoms with van der Waals surface area (Å²) in [5.74, 6) is 0.589. The zero-order valence-electron chi connectivity index (χ0n) is 11.1. The van der Waals surface area contributed by atoms with Crippen molar-refractivity contribution in [1.29, 1.82) is 0 Å². The lowest BCUT2D eigenvalue weighted by atomic mass is 10.3. The van der Waals surface area contributed by atoms with Crippen molar-refractivity contribution in [2.75, 3.05) is 11.9 Å². The van der Waals surface area contributed by atoms with Gasteiger partial charge in [-0.2, -0.15) is 0 Å². The highest BCUT2D eigenvalue weighted by Crippen LogP contribution is 2.14. The number of benzene rings is 1. The largest absolute Gasteiger partial charge is 0.325 e. The number of nitrogens with zero attached hydrogens (tertiary/aromatic N) is 2. The van der Waals surface area contributed by atoms with Crippen LogP contribution < -0.4 is 10.6 Å². The molecule has 20 heavy (non-hydrogen) atoms. The van der Waals surface area contributed by atoms with Crippen LogP contribution in [0.2, 0.25) is 5.02 Å². The fourth-order valence-corrected chi connectivity index (χ4v) is 1.87. The molecule has 0 unspecified atom stereocenters. The number of carbonyl (C=O) groups excluding carboxylic acids is 1. The lowest BCUT2D eigenvalue weighted by molar-refractivity contribution is -0.115. The Morgan fingerprint density at radius 1 is 1.35 bits per heavy atom. The molecule has 0 atom stereocenters. The molecule has 0 saturated heterocycles. The first-order chi connectivity index (χ1) is 9.63. The van der Waals surface area contributed by atoms with E-state index < -0.39 is 0 Å². The van der Waals surface area contributed by atoms with Gasteiger partial charge >= 0.3 is 0 Å². The summed E-state index contributed by atoms with van der Waals surface area (Å²) in [4.78, 5) is 20.0. The van der Waals surface area contributed by atoms with E-state index in [2.05, 4.69) is 20.6 Å². The molecule has 104 valence electrons. The van der Waals surface area contributed by atoms with Gasteiger partial charge in [0.05, 0.1) is 12.2 Å². The van der Waals surface area contributed by atoms with E-state index in [1.165, 1.54) is 0 Å². The number of hydrogen-bond acceptors (Lipinski definition) is 4. The molecule has 6 heteroatoms. The van der Waals surface area contributed by atoms with Crippen LogP contribution in [0.3, 0.4) is 0 Å².